The number of hydrogen-bond acceptors (Lipinski definition) is 4. The highest BCUT2D eigenvalue weighted by Crippen LogP contribution is 2.30. The Morgan fingerprint density at radius 3 is 2.72 bits per heavy atom. The Morgan fingerprint density at radius 1 is 1.44 bits per heavy atom. The lowest BCUT2D eigenvalue weighted by atomic mass is 9.80. The molecule has 0 radical (unpaired) electrons. The molecular formula is C14H21NO3. The van der Waals surface area contributed by atoms with Crippen molar-refractivity contribution in [3.63, 3.8) is 0 Å². The molecule has 100 valence electrons. The summed E-state index contributed by atoms with van der Waals surface area (Å²) in [7, 11) is 1.35. The quantitative estimate of drug-likeness (QED) is 0.817. The number of furan rings is 1. The molecule has 4 nitrogen and oxygen atoms in total. The van der Waals surface area contributed by atoms with Crippen molar-refractivity contribution in [2.24, 2.45) is 5.92 Å². The van der Waals surface area contributed by atoms with Crippen LogP contribution in [0.4, 0.5) is 0 Å². The molecule has 2 atom stereocenters. The Labute approximate surface area is 108 Å². The van der Waals surface area contributed by atoms with E-state index in [0.29, 0.717) is 6.04 Å². The maximum Gasteiger partial charge on any atom is 0.373 e. The predicted molar refractivity (Wildman–Crippen MR) is 68.4 cm³/mol. The van der Waals surface area contributed by atoms with E-state index in [1.54, 1.807) is 6.07 Å². The number of rotatable bonds is 5. The fourth-order valence-electron chi connectivity index (χ4n) is 2.35. The highest BCUT2D eigenvalue weighted by Gasteiger charge is 2.25. The van der Waals surface area contributed by atoms with E-state index < -0.39 is 5.97 Å². The van der Waals surface area contributed by atoms with Crippen LogP contribution in [0.3, 0.4) is 0 Å². The summed E-state index contributed by atoms with van der Waals surface area (Å²) in [6.07, 6.45) is 3.97. The molecule has 1 aliphatic rings. The van der Waals surface area contributed by atoms with Gasteiger partial charge in [0.1, 0.15) is 5.76 Å². The number of carbonyl (C=O) groups excluding carboxylic acids is 1. The first kappa shape index (κ1) is 13.1. The van der Waals surface area contributed by atoms with Crippen molar-refractivity contribution >= 4 is 5.97 Å². The first-order chi connectivity index (χ1) is 8.61. The largest absolute Gasteiger partial charge is 0.463 e. The summed E-state index contributed by atoms with van der Waals surface area (Å²) in [5.74, 6) is 1.39. The van der Waals surface area contributed by atoms with Crippen LogP contribution >= 0.6 is 0 Å². The molecule has 1 saturated carbocycles. The van der Waals surface area contributed by atoms with E-state index >= 15 is 0 Å². The zero-order chi connectivity index (χ0) is 13.1. The van der Waals surface area contributed by atoms with Crippen LogP contribution in [-0.4, -0.2) is 19.1 Å². The van der Waals surface area contributed by atoms with Crippen LogP contribution in [0.25, 0.3) is 0 Å². The molecule has 0 amide bonds. The number of hydrogen-bond donors (Lipinski definition) is 1. The SMILES string of the molecule is COC(=O)c1ccc(C(C)NC(C)C2CCC2)o1. The highest BCUT2D eigenvalue weighted by molar-refractivity contribution is 5.86. The Balaban J connectivity index is 1.93. The van der Waals surface area contributed by atoms with Gasteiger partial charge >= 0.3 is 5.97 Å². The molecule has 2 rings (SSSR count). The number of nitrogens with one attached hydrogen (secondary N) is 1. The van der Waals surface area contributed by atoms with Gasteiger partial charge in [0.15, 0.2) is 0 Å². The summed E-state index contributed by atoms with van der Waals surface area (Å²) in [6, 6.07) is 4.09. The number of esters is 1. The minimum atomic E-state index is -0.430. The van der Waals surface area contributed by atoms with Gasteiger partial charge in [-0.15, -0.1) is 0 Å². The second kappa shape index (κ2) is 5.57. The molecule has 2 unspecified atom stereocenters. The molecule has 1 aromatic rings. The lowest BCUT2D eigenvalue weighted by Crippen LogP contribution is -2.38. The van der Waals surface area contributed by atoms with Crippen LogP contribution < -0.4 is 5.32 Å². The lowest BCUT2D eigenvalue weighted by Gasteiger charge is -2.33. The normalized spacial score (nSPS) is 19.1. The summed E-state index contributed by atoms with van der Waals surface area (Å²) in [5.41, 5.74) is 0. The monoisotopic (exact) mass is 251 g/mol. The maximum absolute atomic E-state index is 11.3. The molecule has 1 N–H and O–H groups in total. The van der Waals surface area contributed by atoms with Gasteiger partial charge in [-0.3, -0.25) is 0 Å². The maximum atomic E-state index is 11.3. The van der Waals surface area contributed by atoms with Crippen molar-refractivity contribution in [3.8, 4) is 0 Å². The number of carbonyl (C=O) groups is 1. The van der Waals surface area contributed by atoms with Gasteiger partial charge in [0.05, 0.1) is 13.2 Å². The molecule has 1 fully saturated rings. The van der Waals surface area contributed by atoms with Crippen LogP contribution in [0.1, 0.15) is 55.5 Å². The van der Waals surface area contributed by atoms with Crippen molar-refractivity contribution in [3.05, 3.63) is 23.7 Å². The van der Waals surface area contributed by atoms with Crippen LogP contribution in [0.15, 0.2) is 16.5 Å². The molecule has 1 aromatic heterocycles. The molecule has 18 heavy (non-hydrogen) atoms. The van der Waals surface area contributed by atoms with Crippen LogP contribution in [-0.2, 0) is 4.74 Å². The minimum Gasteiger partial charge on any atom is -0.463 e. The van der Waals surface area contributed by atoms with Gasteiger partial charge in [-0.2, -0.15) is 0 Å². The van der Waals surface area contributed by atoms with Gasteiger partial charge in [-0.25, -0.2) is 4.79 Å². The highest BCUT2D eigenvalue weighted by atomic mass is 16.5. The Morgan fingerprint density at radius 2 is 2.17 bits per heavy atom. The van der Waals surface area contributed by atoms with Gasteiger partial charge in [-0.05, 0) is 44.7 Å². The molecule has 1 heterocycles. The van der Waals surface area contributed by atoms with Crippen molar-refractivity contribution in [1.82, 2.24) is 5.32 Å². The van der Waals surface area contributed by atoms with Crippen molar-refractivity contribution in [2.45, 2.75) is 45.2 Å². The summed E-state index contributed by atoms with van der Waals surface area (Å²) >= 11 is 0. The Bertz CT molecular complexity index is 409. The Hall–Kier alpha value is -1.29. The van der Waals surface area contributed by atoms with Gasteiger partial charge in [0.2, 0.25) is 5.76 Å². The third-order valence-corrected chi connectivity index (χ3v) is 3.81. The van der Waals surface area contributed by atoms with Crippen molar-refractivity contribution in [1.29, 1.82) is 0 Å². The number of methoxy groups -OCH3 is 1. The fraction of sp³-hybridized carbons (Fsp3) is 0.643. The van der Waals surface area contributed by atoms with E-state index in [4.69, 9.17) is 4.42 Å². The minimum absolute atomic E-state index is 0.110. The second-order valence-electron chi connectivity index (χ2n) is 5.06. The molecule has 0 aliphatic heterocycles. The molecule has 0 saturated heterocycles. The molecule has 4 heteroatoms. The molecule has 1 aliphatic carbocycles. The average Bonchev–Trinajstić information content (AvgIpc) is 2.74. The zero-order valence-electron chi connectivity index (χ0n) is 11.2. The van der Waals surface area contributed by atoms with Crippen LogP contribution in [0.5, 0.6) is 0 Å². The van der Waals surface area contributed by atoms with Gasteiger partial charge in [0, 0.05) is 6.04 Å². The third-order valence-electron chi connectivity index (χ3n) is 3.81. The van der Waals surface area contributed by atoms with E-state index in [-0.39, 0.29) is 11.8 Å². The van der Waals surface area contributed by atoms with Crippen molar-refractivity contribution in [2.75, 3.05) is 7.11 Å². The van der Waals surface area contributed by atoms with Gasteiger partial charge in [-0.1, -0.05) is 6.42 Å². The summed E-state index contributed by atoms with van der Waals surface area (Å²) in [6.45, 7) is 4.26. The lowest BCUT2D eigenvalue weighted by molar-refractivity contribution is 0.0562. The van der Waals surface area contributed by atoms with Crippen LogP contribution in [0.2, 0.25) is 0 Å². The predicted octanol–water partition coefficient (Wildman–Crippen LogP) is 2.91. The fourth-order valence-corrected chi connectivity index (χ4v) is 2.35. The third kappa shape index (κ3) is 2.75. The zero-order valence-corrected chi connectivity index (χ0v) is 11.2. The Kier molecular flexibility index (Phi) is 4.07. The van der Waals surface area contributed by atoms with Gasteiger partial charge in [0.25, 0.3) is 0 Å². The van der Waals surface area contributed by atoms with E-state index in [9.17, 15) is 4.79 Å². The van der Waals surface area contributed by atoms with Crippen LogP contribution in [0, 0.1) is 5.92 Å². The molecular weight excluding hydrogens is 230 g/mol. The molecule has 0 spiro atoms. The average molecular weight is 251 g/mol. The standard InChI is InChI=1S/C14H21NO3/c1-9(11-5-4-6-11)15-10(2)12-7-8-13(18-12)14(16)17-3/h7-11,15H,4-6H2,1-3H3. The van der Waals surface area contributed by atoms with E-state index in [1.165, 1.54) is 26.4 Å². The second-order valence-corrected chi connectivity index (χ2v) is 5.06. The summed E-state index contributed by atoms with van der Waals surface area (Å²) in [4.78, 5) is 11.3. The van der Waals surface area contributed by atoms with E-state index in [2.05, 4.69) is 23.9 Å². The smallest absolute Gasteiger partial charge is 0.373 e. The first-order valence-corrected chi connectivity index (χ1v) is 6.56. The summed E-state index contributed by atoms with van der Waals surface area (Å²) in [5, 5.41) is 3.52. The van der Waals surface area contributed by atoms with Gasteiger partial charge < -0.3 is 14.5 Å². The first-order valence-electron chi connectivity index (χ1n) is 6.56. The topological polar surface area (TPSA) is 51.5 Å². The van der Waals surface area contributed by atoms with E-state index in [0.717, 1.165) is 11.7 Å². The van der Waals surface area contributed by atoms with E-state index in [1.807, 2.05) is 6.07 Å². The number of ether oxygens (including phenoxy) is 1. The van der Waals surface area contributed by atoms with Crippen molar-refractivity contribution < 1.29 is 13.9 Å². The molecule has 0 aromatic carbocycles. The summed E-state index contributed by atoms with van der Waals surface area (Å²) < 4.78 is 10.1. The molecule has 0 bridgehead atoms.